The Balaban J connectivity index is 3.10. The molecule has 1 rings (SSSR count). The molecule has 104 valence electrons. The van der Waals surface area contributed by atoms with Crippen LogP contribution >= 0.6 is 0 Å². The van der Waals surface area contributed by atoms with Gasteiger partial charge < -0.3 is 10.6 Å². The lowest BCUT2D eigenvalue weighted by atomic mass is 9.80. The van der Waals surface area contributed by atoms with Gasteiger partial charge in [-0.2, -0.15) is 4.99 Å². The molecule has 0 radical (unpaired) electrons. The van der Waals surface area contributed by atoms with Crippen molar-refractivity contribution in [1.29, 1.82) is 0 Å². The number of nitrogens with zero attached hydrogens (tertiary/aromatic N) is 2. The van der Waals surface area contributed by atoms with Crippen molar-refractivity contribution in [3.05, 3.63) is 0 Å². The lowest BCUT2D eigenvalue weighted by Crippen LogP contribution is -2.55. The molecule has 4 heteroatoms. The second-order valence-corrected chi connectivity index (χ2v) is 6.16. The zero-order valence-electron chi connectivity index (χ0n) is 12.4. The van der Waals surface area contributed by atoms with Gasteiger partial charge in [-0.05, 0) is 31.1 Å². The number of nitrogens with two attached hydrogens (primary N) is 1. The molecule has 0 atom stereocenters. The third-order valence-corrected chi connectivity index (χ3v) is 3.38. The van der Waals surface area contributed by atoms with Crippen LogP contribution in [0.3, 0.4) is 0 Å². The highest BCUT2D eigenvalue weighted by Gasteiger charge is 2.48. The molecule has 0 aliphatic carbocycles. The molecule has 0 unspecified atom stereocenters. The van der Waals surface area contributed by atoms with Gasteiger partial charge in [0.05, 0.1) is 0 Å². The number of hydrogen-bond acceptors (Lipinski definition) is 2. The van der Waals surface area contributed by atoms with Crippen molar-refractivity contribution in [2.75, 3.05) is 6.54 Å². The number of carbonyl (C=O) groups is 1. The Bertz CT molecular complexity index is 324. The first kappa shape index (κ1) is 15.0. The minimum Gasteiger partial charge on any atom is -0.385 e. The quantitative estimate of drug-likeness (QED) is 0.791. The fraction of sp³-hybridized carbons (Fsp3) is 0.857. The molecule has 0 saturated heterocycles. The minimum atomic E-state index is -0.352. The number of rotatable bonds is 6. The average molecular weight is 253 g/mol. The summed E-state index contributed by atoms with van der Waals surface area (Å²) in [5.41, 5.74) is 5.76. The first-order chi connectivity index (χ1) is 8.33. The van der Waals surface area contributed by atoms with Crippen molar-refractivity contribution in [1.82, 2.24) is 4.90 Å². The molecule has 0 aromatic rings. The molecule has 1 heterocycles. The molecule has 18 heavy (non-hydrogen) atoms. The summed E-state index contributed by atoms with van der Waals surface area (Å²) < 4.78 is 0. The van der Waals surface area contributed by atoms with Gasteiger partial charge in [-0.25, -0.2) is 4.79 Å². The average Bonchev–Trinajstić information content (AvgIpc) is 2.41. The normalized spacial score (nSPS) is 18.9. The predicted octanol–water partition coefficient (Wildman–Crippen LogP) is 3.02. The van der Waals surface area contributed by atoms with E-state index >= 15 is 0 Å². The highest BCUT2D eigenvalue weighted by molar-refractivity contribution is 6.05. The Morgan fingerprint density at radius 3 is 2.11 bits per heavy atom. The van der Waals surface area contributed by atoms with Gasteiger partial charge in [-0.3, -0.25) is 0 Å². The third kappa shape index (κ3) is 2.85. The molecular formula is C14H27N3O. The van der Waals surface area contributed by atoms with E-state index in [0.717, 1.165) is 25.8 Å². The zero-order valence-corrected chi connectivity index (χ0v) is 12.4. The van der Waals surface area contributed by atoms with E-state index in [1.807, 2.05) is 4.90 Å². The highest BCUT2D eigenvalue weighted by atomic mass is 16.2. The Kier molecular flexibility index (Phi) is 4.77. The van der Waals surface area contributed by atoms with E-state index < -0.39 is 0 Å². The summed E-state index contributed by atoms with van der Waals surface area (Å²) in [6, 6.07) is -0.157. The fourth-order valence-corrected chi connectivity index (χ4v) is 2.99. The summed E-state index contributed by atoms with van der Waals surface area (Å²) in [6.07, 6.45) is 2.73. The summed E-state index contributed by atoms with van der Waals surface area (Å²) in [7, 11) is 0. The summed E-state index contributed by atoms with van der Waals surface area (Å²) >= 11 is 0. The van der Waals surface area contributed by atoms with Crippen molar-refractivity contribution >= 4 is 11.9 Å². The Hall–Kier alpha value is -1.06. The van der Waals surface area contributed by atoms with Crippen LogP contribution in [0, 0.1) is 11.8 Å². The smallest absolute Gasteiger partial charge is 0.346 e. The molecule has 0 spiro atoms. The van der Waals surface area contributed by atoms with Crippen LogP contribution in [0.15, 0.2) is 4.99 Å². The molecule has 0 bridgehead atoms. The highest BCUT2D eigenvalue weighted by Crippen LogP contribution is 2.35. The molecule has 0 aromatic heterocycles. The fourth-order valence-electron chi connectivity index (χ4n) is 2.99. The van der Waals surface area contributed by atoms with Crippen LogP contribution in [0.5, 0.6) is 0 Å². The molecule has 1 aliphatic rings. The maximum absolute atomic E-state index is 12.0. The van der Waals surface area contributed by atoms with E-state index in [4.69, 9.17) is 5.73 Å². The van der Waals surface area contributed by atoms with Crippen LogP contribution < -0.4 is 5.73 Å². The van der Waals surface area contributed by atoms with E-state index in [1.165, 1.54) is 0 Å². The van der Waals surface area contributed by atoms with E-state index in [9.17, 15) is 4.79 Å². The molecule has 2 amide bonds. The summed E-state index contributed by atoms with van der Waals surface area (Å²) in [4.78, 5) is 17.9. The Morgan fingerprint density at radius 1 is 1.22 bits per heavy atom. The van der Waals surface area contributed by atoms with Crippen LogP contribution in [0.1, 0.15) is 53.9 Å². The second kappa shape index (κ2) is 5.72. The second-order valence-electron chi connectivity index (χ2n) is 6.16. The monoisotopic (exact) mass is 253 g/mol. The van der Waals surface area contributed by atoms with Gasteiger partial charge in [-0.1, -0.05) is 34.6 Å². The lowest BCUT2D eigenvalue weighted by molar-refractivity contribution is 0.139. The van der Waals surface area contributed by atoms with Gasteiger partial charge >= 0.3 is 6.03 Å². The van der Waals surface area contributed by atoms with Gasteiger partial charge in [0.15, 0.2) is 0 Å². The van der Waals surface area contributed by atoms with E-state index in [2.05, 4.69) is 39.6 Å². The number of urea groups is 1. The van der Waals surface area contributed by atoms with E-state index in [0.29, 0.717) is 17.7 Å². The van der Waals surface area contributed by atoms with Crippen molar-refractivity contribution in [3.63, 3.8) is 0 Å². The molecule has 2 N–H and O–H groups in total. The predicted molar refractivity (Wildman–Crippen MR) is 75.7 cm³/mol. The number of hydrogen-bond donors (Lipinski definition) is 1. The van der Waals surface area contributed by atoms with Crippen molar-refractivity contribution < 1.29 is 4.79 Å². The molecule has 0 saturated carbocycles. The van der Waals surface area contributed by atoms with Gasteiger partial charge in [0, 0.05) is 6.54 Å². The number of carbonyl (C=O) groups excluding carboxylic acids is 1. The van der Waals surface area contributed by atoms with Crippen molar-refractivity contribution in [3.8, 4) is 0 Å². The summed E-state index contributed by atoms with van der Waals surface area (Å²) in [6.45, 7) is 11.5. The van der Waals surface area contributed by atoms with Gasteiger partial charge in [0.25, 0.3) is 0 Å². The van der Waals surface area contributed by atoms with E-state index in [1.54, 1.807) is 0 Å². The summed E-state index contributed by atoms with van der Waals surface area (Å²) in [5.74, 6) is 1.49. The summed E-state index contributed by atoms with van der Waals surface area (Å²) in [5, 5.41) is 0. The topological polar surface area (TPSA) is 58.7 Å². The third-order valence-electron chi connectivity index (χ3n) is 3.38. The minimum absolute atomic E-state index is 0.157. The number of amides is 2. The van der Waals surface area contributed by atoms with Crippen LogP contribution in [0.2, 0.25) is 0 Å². The van der Waals surface area contributed by atoms with Crippen LogP contribution in [-0.4, -0.2) is 28.9 Å². The molecule has 1 aliphatic heterocycles. The Labute approximate surface area is 111 Å². The lowest BCUT2D eigenvalue weighted by Gasteiger charge is -2.40. The SMILES string of the molecule is CCCN1C(=O)N=C(N)C1(CC(C)C)CC(C)C. The first-order valence-corrected chi connectivity index (χ1v) is 6.99. The molecule has 4 nitrogen and oxygen atoms in total. The van der Waals surface area contributed by atoms with Crippen LogP contribution in [0.4, 0.5) is 4.79 Å². The number of aliphatic imine (C=N–C) groups is 1. The van der Waals surface area contributed by atoms with Gasteiger partial charge in [0.2, 0.25) is 0 Å². The zero-order chi connectivity index (χ0) is 13.9. The molecular weight excluding hydrogens is 226 g/mol. The first-order valence-electron chi connectivity index (χ1n) is 6.99. The van der Waals surface area contributed by atoms with Gasteiger partial charge in [-0.15, -0.1) is 0 Å². The van der Waals surface area contributed by atoms with Crippen LogP contribution in [-0.2, 0) is 0 Å². The van der Waals surface area contributed by atoms with Crippen molar-refractivity contribution in [2.24, 2.45) is 22.6 Å². The Morgan fingerprint density at radius 2 is 1.72 bits per heavy atom. The largest absolute Gasteiger partial charge is 0.385 e. The van der Waals surface area contributed by atoms with Crippen LogP contribution in [0.25, 0.3) is 0 Å². The maximum Gasteiger partial charge on any atom is 0.346 e. The standard InChI is InChI=1S/C14H27N3O/c1-6-7-17-13(18)16-12(15)14(17,8-10(2)3)9-11(4)5/h10-11H,6-9H2,1-5H3,(H2,15,16,18). The number of amidine groups is 1. The maximum atomic E-state index is 12.0. The molecule has 0 aromatic carbocycles. The molecule has 0 fully saturated rings. The van der Waals surface area contributed by atoms with E-state index in [-0.39, 0.29) is 11.6 Å². The van der Waals surface area contributed by atoms with Crippen molar-refractivity contribution in [2.45, 2.75) is 59.4 Å². The van der Waals surface area contributed by atoms with Gasteiger partial charge in [0.1, 0.15) is 11.4 Å².